The third kappa shape index (κ3) is 5.02. The van der Waals surface area contributed by atoms with Crippen molar-refractivity contribution in [2.75, 3.05) is 6.66 Å². The highest BCUT2D eigenvalue weighted by Crippen LogP contribution is 2.64. The second kappa shape index (κ2) is 5.34. The van der Waals surface area contributed by atoms with Gasteiger partial charge in [-0.3, -0.25) is 0 Å². The smallest absolute Gasteiger partial charge is 0.0746 e. The van der Waals surface area contributed by atoms with Crippen molar-refractivity contribution in [3.8, 4) is 0 Å². The van der Waals surface area contributed by atoms with Crippen molar-refractivity contribution in [3.05, 3.63) is 12.0 Å². The van der Waals surface area contributed by atoms with Gasteiger partial charge in [0, 0.05) is 19.0 Å². The van der Waals surface area contributed by atoms with Gasteiger partial charge in [-0.1, -0.05) is 0 Å². The van der Waals surface area contributed by atoms with E-state index in [2.05, 4.69) is 72.5 Å². The molecule has 15 heavy (non-hydrogen) atoms. The molecular weight excluding hydrogens is 201 g/mol. The number of rotatable bonds is 4. The molecule has 0 saturated heterocycles. The Hall–Kier alpha value is -0.0300. The fraction of sp³-hybridized carbons (Fsp3) is 0.846. The maximum Gasteiger partial charge on any atom is 0.0746 e. The average molecular weight is 230 g/mol. The molecule has 90 valence electrons. The summed E-state index contributed by atoms with van der Waals surface area (Å²) in [4.78, 5) is 0. The van der Waals surface area contributed by atoms with Crippen LogP contribution in [0.25, 0.3) is 0 Å². The molecule has 0 saturated carbocycles. The lowest BCUT2D eigenvalue weighted by Crippen LogP contribution is -2.31. The van der Waals surface area contributed by atoms with Crippen LogP contribution in [0.5, 0.6) is 0 Å². The van der Waals surface area contributed by atoms with Crippen LogP contribution in [-0.4, -0.2) is 23.5 Å². The topological polar surface area (TPSA) is 12.0 Å². The average Bonchev–Trinajstić information content (AvgIpc) is 2.00. The minimum atomic E-state index is -0.942. The Kier molecular flexibility index (Phi) is 5.33. The summed E-state index contributed by atoms with van der Waals surface area (Å²) in [6.45, 7) is 18.4. The molecule has 0 heterocycles. The zero-order valence-corrected chi connectivity index (χ0v) is 12.7. The van der Waals surface area contributed by atoms with E-state index < -0.39 is 7.26 Å². The van der Waals surface area contributed by atoms with Crippen LogP contribution in [0.1, 0.15) is 48.5 Å². The first-order chi connectivity index (χ1) is 6.59. The summed E-state index contributed by atoms with van der Waals surface area (Å²) < 4.78 is 0. The highest BCUT2D eigenvalue weighted by molar-refractivity contribution is 7.79. The normalized spacial score (nSPS) is 14.3. The van der Waals surface area contributed by atoms with Gasteiger partial charge in [-0.25, -0.2) is 0 Å². The summed E-state index contributed by atoms with van der Waals surface area (Å²) in [6, 6.07) is 0. The summed E-state index contributed by atoms with van der Waals surface area (Å²) >= 11 is 0. The summed E-state index contributed by atoms with van der Waals surface area (Å²) in [7, 11) is -0.942. The van der Waals surface area contributed by atoms with Crippen LogP contribution in [0.4, 0.5) is 0 Å². The van der Waals surface area contributed by atoms with E-state index in [9.17, 15) is 0 Å². The minimum Gasteiger partial charge on any atom is -0.384 e. The molecule has 0 spiro atoms. The van der Waals surface area contributed by atoms with Gasteiger partial charge < -0.3 is 5.32 Å². The van der Waals surface area contributed by atoms with Crippen LogP contribution < -0.4 is 5.32 Å². The van der Waals surface area contributed by atoms with Crippen LogP contribution in [0.3, 0.4) is 0 Å². The molecule has 0 bridgehead atoms. The van der Waals surface area contributed by atoms with Crippen LogP contribution in [-0.2, 0) is 0 Å². The fourth-order valence-electron chi connectivity index (χ4n) is 1.39. The SMILES string of the molecule is CC(C)[P+](C)(/C=C/NC(C)(C)C)C(C)C. The molecule has 1 nitrogen and oxygen atoms in total. The van der Waals surface area contributed by atoms with Crippen LogP contribution in [0.15, 0.2) is 12.0 Å². The Bertz CT molecular complexity index is 203. The van der Waals surface area contributed by atoms with E-state index in [0.717, 1.165) is 11.3 Å². The van der Waals surface area contributed by atoms with E-state index >= 15 is 0 Å². The van der Waals surface area contributed by atoms with Crippen molar-refractivity contribution in [3.63, 3.8) is 0 Å². The maximum absolute atomic E-state index is 3.43. The zero-order valence-electron chi connectivity index (χ0n) is 11.8. The first-order valence-electron chi connectivity index (χ1n) is 5.90. The summed E-state index contributed by atoms with van der Waals surface area (Å²) in [5.41, 5.74) is 1.72. The quantitative estimate of drug-likeness (QED) is 0.710. The molecule has 0 radical (unpaired) electrons. The molecule has 0 aromatic rings. The highest BCUT2D eigenvalue weighted by atomic mass is 31.2. The van der Waals surface area contributed by atoms with Crippen molar-refractivity contribution in [2.45, 2.75) is 65.3 Å². The molecule has 0 amide bonds. The second-order valence-corrected chi connectivity index (χ2v) is 10.9. The summed E-state index contributed by atoms with van der Waals surface area (Å²) in [6.07, 6.45) is 2.17. The van der Waals surface area contributed by atoms with Gasteiger partial charge in [0.25, 0.3) is 0 Å². The number of hydrogen-bond acceptors (Lipinski definition) is 1. The van der Waals surface area contributed by atoms with Crippen molar-refractivity contribution < 1.29 is 0 Å². The van der Waals surface area contributed by atoms with Crippen molar-refractivity contribution in [2.24, 2.45) is 0 Å². The van der Waals surface area contributed by atoms with E-state index in [1.54, 1.807) is 0 Å². The predicted octanol–water partition coefficient (Wildman–Crippen LogP) is 4.31. The lowest BCUT2D eigenvalue weighted by Gasteiger charge is -2.28. The third-order valence-corrected chi connectivity index (χ3v) is 8.38. The first-order valence-corrected chi connectivity index (χ1v) is 8.35. The molecule has 0 aromatic carbocycles. The molecule has 0 fully saturated rings. The Morgan fingerprint density at radius 3 is 1.67 bits per heavy atom. The summed E-state index contributed by atoms with van der Waals surface area (Å²) in [5, 5.41) is 3.43. The molecule has 0 aromatic heterocycles. The van der Waals surface area contributed by atoms with Gasteiger partial charge in [-0.15, -0.1) is 0 Å². The maximum atomic E-state index is 3.43. The lowest BCUT2D eigenvalue weighted by atomic mass is 10.1. The standard InChI is InChI=1S/C13H29NP/c1-11(2)15(8,12(3)4)10-9-14-13(5,6)7/h9-12,14H,1-8H3/q+1/b10-9+. The molecule has 0 rings (SSSR count). The molecule has 0 aliphatic carbocycles. The molecule has 0 aliphatic heterocycles. The number of hydrogen-bond donors (Lipinski definition) is 1. The van der Waals surface area contributed by atoms with E-state index in [-0.39, 0.29) is 5.54 Å². The predicted molar refractivity (Wildman–Crippen MR) is 75.1 cm³/mol. The number of nitrogens with one attached hydrogen (secondary N) is 1. The second-order valence-electron chi connectivity index (χ2n) is 6.12. The van der Waals surface area contributed by atoms with Crippen molar-refractivity contribution in [1.29, 1.82) is 0 Å². The lowest BCUT2D eigenvalue weighted by molar-refractivity contribution is 0.491. The van der Waals surface area contributed by atoms with Crippen LogP contribution in [0.2, 0.25) is 0 Å². The largest absolute Gasteiger partial charge is 0.384 e. The minimum absolute atomic E-state index is 0.176. The van der Waals surface area contributed by atoms with Gasteiger partial charge >= 0.3 is 0 Å². The van der Waals surface area contributed by atoms with E-state index in [4.69, 9.17) is 0 Å². The zero-order chi connectivity index (χ0) is 12.3. The van der Waals surface area contributed by atoms with Gasteiger partial charge in [0.1, 0.15) is 0 Å². The Labute approximate surface area is 97.1 Å². The Balaban J connectivity index is 4.57. The van der Waals surface area contributed by atoms with Gasteiger partial charge in [-0.2, -0.15) is 0 Å². The molecule has 0 unspecified atom stereocenters. The first kappa shape index (κ1) is 15.0. The van der Waals surface area contributed by atoms with Crippen LogP contribution in [0, 0.1) is 0 Å². The fourth-order valence-corrected chi connectivity index (χ4v) is 3.67. The van der Waals surface area contributed by atoms with Crippen LogP contribution >= 0.6 is 7.26 Å². The Morgan fingerprint density at radius 1 is 1.00 bits per heavy atom. The monoisotopic (exact) mass is 230 g/mol. The third-order valence-electron chi connectivity index (χ3n) is 3.14. The van der Waals surface area contributed by atoms with Crippen molar-refractivity contribution in [1.82, 2.24) is 5.32 Å². The van der Waals surface area contributed by atoms with E-state index in [1.807, 2.05) is 0 Å². The Morgan fingerprint density at radius 2 is 1.40 bits per heavy atom. The van der Waals surface area contributed by atoms with Gasteiger partial charge in [0.2, 0.25) is 0 Å². The van der Waals surface area contributed by atoms with E-state index in [1.165, 1.54) is 0 Å². The molecule has 1 N–H and O–H groups in total. The van der Waals surface area contributed by atoms with E-state index in [0.29, 0.717) is 0 Å². The molecule has 0 aliphatic rings. The van der Waals surface area contributed by atoms with Gasteiger partial charge in [0.05, 0.1) is 23.8 Å². The molecule has 0 atom stereocenters. The molecule has 2 heteroatoms. The van der Waals surface area contributed by atoms with Gasteiger partial charge in [0.15, 0.2) is 0 Å². The van der Waals surface area contributed by atoms with Gasteiger partial charge in [-0.05, 0) is 48.5 Å². The summed E-state index contributed by atoms with van der Waals surface area (Å²) in [5.74, 6) is 2.44. The molecular formula is C13H29NP+. The van der Waals surface area contributed by atoms with Crippen molar-refractivity contribution >= 4 is 7.26 Å². The highest BCUT2D eigenvalue weighted by Gasteiger charge is 2.36.